The van der Waals surface area contributed by atoms with Gasteiger partial charge in [0.15, 0.2) is 0 Å². The molecule has 0 aliphatic carbocycles. The second-order valence-corrected chi connectivity index (χ2v) is 3.79. The zero-order valence-corrected chi connectivity index (χ0v) is 10.1. The van der Waals surface area contributed by atoms with Gasteiger partial charge in [-0.2, -0.15) is 0 Å². The summed E-state index contributed by atoms with van der Waals surface area (Å²) >= 11 is 0. The molecule has 0 bridgehead atoms. The number of aliphatic hydroxyl groups excluding tert-OH is 1. The van der Waals surface area contributed by atoms with E-state index in [2.05, 4.69) is 16.8 Å². The topological polar surface area (TPSA) is 42.4 Å². The van der Waals surface area contributed by atoms with E-state index in [1.54, 1.807) is 18.5 Å². The van der Waals surface area contributed by atoms with Gasteiger partial charge in [0.2, 0.25) is 0 Å². The van der Waals surface area contributed by atoms with Crippen LogP contribution in [0.2, 0.25) is 0 Å². The second kappa shape index (κ2) is 6.53. The van der Waals surface area contributed by atoms with E-state index in [-0.39, 0.29) is 6.61 Å². The number of hydrogen-bond donors (Lipinski definition) is 1. The lowest BCUT2D eigenvalue weighted by Crippen LogP contribution is -1.96. The Morgan fingerprint density at radius 1 is 1.32 bits per heavy atom. The molecule has 0 aliphatic heterocycles. The first kappa shape index (κ1) is 13.1. The van der Waals surface area contributed by atoms with Crippen molar-refractivity contribution in [2.45, 2.75) is 6.61 Å². The molecule has 0 amide bonds. The van der Waals surface area contributed by atoms with Crippen LogP contribution in [0.4, 0.5) is 4.39 Å². The maximum atomic E-state index is 13.4. The lowest BCUT2D eigenvalue weighted by Gasteiger charge is -2.06. The van der Waals surface area contributed by atoms with Gasteiger partial charge in [0.05, 0.1) is 0 Å². The van der Waals surface area contributed by atoms with Crippen molar-refractivity contribution < 1.29 is 14.2 Å². The summed E-state index contributed by atoms with van der Waals surface area (Å²) in [5, 5.41) is 8.61. The van der Waals surface area contributed by atoms with Gasteiger partial charge in [-0.25, -0.2) is 4.39 Å². The van der Waals surface area contributed by atoms with Crippen LogP contribution in [0.5, 0.6) is 5.75 Å². The van der Waals surface area contributed by atoms with Crippen LogP contribution < -0.4 is 4.74 Å². The molecule has 4 heteroatoms. The molecule has 0 radical (unpaired) electrons. The Kier molecular flexibility index (Phi) is 4.49. The van der Waals surface area contributed by atoms with Gasteiger partial charge in [-0.05, 0) is 18.2 Å². The first-order valence-electron chi connectivity index (χ1n) is 5.70. The molecule has 2 rings (SSSR count). The number of rotatable bonds is 3. The van der Waals surface area contributed by atoms with E-state index in [1.165, 1.54) is 12.1 Å². The predicted molar refractivity (Wildman–Crippen MR) is 68.9 cm³/mol. The Labute approximate surface area is 110 Å². The molecule has 3 nitrogen and oxygen atoms in total. The minimum atomic E-state index is -0.425. The van der Waals surface area contributed by atoms with Gasteiger partial charge >= 0.3 is 0 Å². The SMILES string of the molecule is OCC#Cc1cc(F)cc(OCc2cccnc2)c1. The van der Waals surface area contributed by atoms with Gasteiger partial charge in [-0.15, -0.1) is 0 Å². The largest absolute Gasteiger partial charge is 0.489 e. The van der Waals surface area contributed by atoms with Crippen molar-refractivity contribution in [3.63, 3.8) is 0 Å². The van der Waals surface area contributed by atoms with Crippen molar-refractivity contribution in [1.29, 1.82) is 0 Å². The van der Waals surface area contributed by atoms with Gasteiger partial charge in [0.1, 0.15) is 24.8 Å². The molecule has 0 atom stereocenters. The Bertz CT molecular complexity index is 603. The third-order valence-electron chi connectivity index (χ3n) is 2.31. The lowest BCUT2D eigenvalue weighted by molar-refractivity contribution is 0.304. The molecule has 1 heterocycles. The van der Waals surface area contributed by atoms with Crippen LogP contribution in [0.25, 0.3) is 0 Å². The summed E-state index contributed by atoms with van der Waals surface area (Å²) in [6.07, 6.45) is 3.36. The van der Waals surface area contributed by atoms with Crippen LogP contribution in [0, 0.1) is 17.7 Å². The normalized spacial score (nSPS) is 9.58. The van der Waals surface area contributed by atoms with E-state index in [9.17, 15) is 4.39 Å². The summed E-state index contributed by atoms with van der Waals surface area (Å²) in [5.41, 5.74) is 1.37. The lowest BCUT2D eigenvalue weighted by atomic mass is 10.2. The van der Waals surface area contributed by atoms with Crippen LogP contribution in [0.15, 0.2) is 42.7 Å². The number of benzene rings is 1. The predicted octanol–water partition coefficient (Wildman–Crippen LogP) is 2.14. The number of hydrogen-bond acceptors (Lipinski definition) is 3. The van der Waals surface area contributed by atoms with Crippen molar-refractivity contribution in [3.05, 3.63) is 59.7 Å². The van der Waals surface area contributed by atoms with Crippen molar-refractivity contribution in [1.82, 2.24) is 4.98 Å². The van der Waals surface area contributed by atoms with Crippen LogP contribution >= 0.6 is 0 Å². The zero-order chi connectivity index (χ0) is 13.5. The molecule has 1 aromatic heterocycles. The summed E-state index contributed by atoms with van der Waals surface area (Å²) in [5.74, 6) is 5.08. The van der Waals surface area contributed by atoms with Crippen molar-refractivity contribution in [3.8, 4) is 17.6 Å². The fourth-order valence-electron chi connectivity index (χ4n) is 1.51. The molecule has 1 N–H and O–H groups in total. The van der Waals surface area contributed by atoms with Crippen LogP contribution in [0.1, 0.15) is 11.1 Å². The van der Waals surface area contributed by atoms with Crippen molar-refractivity contribution in [2.75, 3.05) is 6.61 Å². The van der Waals surface area contributed by atoms with Gasteiger partial charge in [0.25, 0.3) is 0 Å². The number of pyridine rings is 1. The molecule has 0 fully saturated rings. The van der Waals surface area contributed by atoms with E-state index < -0.39 is 5.82 Å². The van der Waals surface area contributed by atoms with Gasteiger partial charge in [-0.1, -0.05) is 17.9 Å². The number of aliphatic hydroxyl groups is 1. The molecule has 0 spiro atoms. The summed E-state index contributed by atoms with van der Waals surface area (Å²) in [6, 6.07) is 7.89. The zero-order valence-electron chi connectivity index (χ0n) is 10.1. The molecular formula is C15H12FNO2. The molecule has 19 heavy (non-hydrogen) atoms. The van der Waals surface area contributed by atoms with Gasteiger partial charge in [0, 0.05) is 29.6 Å². The molecule has 0 saturated carbocycles. The molecular weight excluding hydrogens is 245 g/mol. The third kappa shape index (κ3) is 4.09. The third-order valence-corrected chi connectivity index (χ3v) is 2.31. The Hall–Kier alpha value is -2.38. The monoisotopic (exact) mass is 257 g/mol. The fourth-order valence-corrected chi connectivity index (χ4v) is 1.51. The molecule has 1 aromatic carbocycles. The van der Waals surface area contributed by atoms with Crippen LogP contribution in [-0.4, -0.2) is 16.7 Å². The first-order chi connectivity index (χ1) is 9.28. The van der Waals surface area contributed by atoms with Crippen molar-refractivity contribution in [2.24, 2.45) is 0 Å². The summed E-state index contributed by atoms with van der Waals surface area (Å²) < 4.78 is 18.8. The van der Waals surface area contributed by atoms with E-state index in [4.69, 9.17) is 9.84 Å². The minimum absolute atomic E-state index is 0.262. The maximum absolute atomic E-state index is 13.4. The highest BCUT2D eigenvalue weighted by Crippen LogP contribution is 2.17. The number of aromatic nitrogens is 1. The number of nitrogens with zero attached hydrogens (tertiary/aromatic N) is 1. The number of ether oxygens (including phenoxy) is 1. The molecule has 0 aliphatic rings. The van der Waals surface area contributed by atoms with Crippen LogP contribution in [-0.2, 0) is 6.61 Å². The quantitative estimate of drug-likeness (QED) is 0.857. The smallest absolute Gasteiger partial charge is 0.128 e. The summed E-state index contributed by atoms with van der Waals surface area (Å²) in [4.78, 5) is 3.97. The van der Waals surface area contributed by atoms with E-state index in [0.717, 1.165) is 5.56 Å². The highest BCUT2D eigenvalue weighted by atomic mass is 19.1. The van der Waals surface area contributed by atoms with Gasteiger partial charge in [-0.3, -0.25) is 4.98 Å². The molecule has 2 aromatic rings. The Balaban J connectivity index is 2.10. The standard InChI is InChI=1S/C15H12FNO2/c16-14-7-12(4-2-6-18)8-15(9-14)19-11-13-3-1-5-17-10-13/h1,3,5,7-10,18H,6,11H2. The molecule has 0 saturated heterocycles. The highest BCUT2D eigenvalue weighted by Gasteiger charge is 2.01. The van der Waals surface area contributed by atoms with Crippen molar-refractivity contribution >= 4 is 0 Å². The maximum Gasteiger partial charge on any atom is 0.128 e. The average molecular weight is 257 g/mol. The number of halogens is 1. The Morgan fingerprint density at radius 3 is 2.95 bits per heavy atom. The summed E-state index contributed by atoms with van der Waals surface area (Å²) in [6.45, 7) is 0.0482. The van der Waals surface area contributed by atoms with E-state index in [1.807, 2.05) is 12.1 Å². The first-order valence-corrected chi connectivity index (χ1v) is 5.70. The van der Waals surface area contributed by atoms with E-state index in [0.29, 0.717) is 17.9 Å². The Morgan fingerprint density at radius 2 is 2.21 bits per heavy atom. The average Bonchev–Trinajstić information content (AvgIpc) is 2.43. The fraction of sp³-hybridized carbons (Fsp3) is 0.133. The van der Waals surface area contributed by atoms with Gasteiger partial charge < -0.3 is 9.84 Å². The van der Waals surface area contributed by atoms with E-state index >= 15 is 0 Å². The highest BCUT2D eigenvalue weighted by molar-refractivity contribution is 5.40. The molecule has 96 valence electrons. The summed E-state index contributed by atoms with van der Waals surface area (Å²) in [7, 11) is 0. The molecule has 0 unspecified atom stereocenters. The van der Waals surface area contributed by atoms with Crippen LogP contribution in [0.3, 0.4) is 0 Å². The minimum Gasteiger partial charge on any atom is -0.489 e. The second-order valence-electron chi connectivity index (χ2n) is 3.79.